The van der Waals surface area contributed by atoms with Crippen molar-refractivity contribution in [1.29, 1.82) is 0 Å². The Kier molecular flexibility index (Phi) is 4.86. The number of nitrogens with one attached hydrogen (secondary N) is 1. The Balaban J connectivity index is 3.06. The van der Waals surface area contributed by atoms with Gasteiger partial charge in [-0.3, -0.25) is 14.4 Å². The molecule has 0 aliphatic heterocycles. The van der Waals surface area contributed by atoms with Gasteiger partial charge in [-0.25, -0.2) is 0 Å². The molecule has 0 unspecified atom stereocenters. The third-order valence-electron chi connectivity index (χ3n) is 2.70. The summed E-state index contributed by atoms with van der Waals surface area (Å²) >= 11 is 0. The Morgan fingerprint density at radius 2 is 2.05 bits per heavy atom. The highest BCUT2D eigenvalue weighted by Gasteiger charge is 2.23. The number of H-pyrrole nitrogens is 1. The number of aryl methyl sites for hydroxylation is 1. The van der Waals surface area contributed by atoms with Gasteiger partial charge < -0.3 is 14.6 Å². The molecule has 1 heterocycles. The quantitative estimate of drug-likeness (QED) is 0.814. The molecule has 1 aromatic rings. The van der Waals surface area contributed by atoms with Crippen molar-refractivity contribution in [3.8, 4) is 0 Å². The molecule has 0 atom stereocenters. The number of hydrogen-bond donors (Lipinski definition) is 1. The summed E-state index contributed by atoms with van der Waals surface area (Å²) in [6.45, 7) is 5.08. The van der Waals surface area contributed by atoms with Crippen molar-refractivity contribution < 1.29 is 14.3 Å². The van der Waals surface area contributed by atoms with Gasteiger partial charge in [-0.1, -0.05) is 0 Å². The molecule has 0 saturated heterocycles. The fourth-order valence-corrected chi connectivity index (χ4v) is 1.59. The first kappa shape index (κ1) is 14.9. The predicted octanol–water partition coefficient (Wildman–Crippen LogP) is 0.707. The third-order valence-corrected chi connectivity index (χ3v) is 2.70. The standard InChI is InChI=1S/C13H18N2O4/c1-8(2)15(7-12(17)19-4)13(18)10-6-14-9(3)5-11(10)16/h5-6,8H,7H2,1-4H3,(H,14,16). The molecule has 6 heteroatoms. The van der Waals surface area contributed by atoms with E-state index in [9.17, 15) is 14.4 Å². The van der Waals surface area contributed by atoms with E-state index in [1.54, 1.807) is 20.8 Å². The number of amides is 1. The van der Waals surface area contributed by atoms with E-state index in [-0.39, 0.29) is 23.6 Å². The zero-order valence-corrected chi connectivity index (χ0v) is 11.5. The van der Waals surface area contributed by atoms with Gasteiger partial charge in [0.2, 0.25) is 0 Å². The van der Waals surface area contributed by atoms with Crippen LogP contribution < -0.4 is 5.43 Å². The molecule has 0 saturated carbocycles. The van der Waals surface area contributed by atoms with Crippen molar-refractivity contribution >= 4 is 11.9 Å². The SMILES string of the molecule is COC(=O)CN(C(=O)c1c[nH]c(C)cc1=O)C(C)C. The molecule has 19 heavy (non-hydrogen) atoms. The van der Waals surface area contributed by atoms with Gasteiger partial charge in [-0.05, 0) is 20.8 Å². The van der Waals surface area contributed by atoms with E-state index in [0.29, 0.717) is 5.69 Å². The normalized spacial score (nSPS) is 10.4. The van der Waals surface area contributed by atoms with E-state index in [4.69, 9.17) is 0 Å². The fraction of sp³-hybridized carbons (Fsp3) is 0.462. The van der Waals surface area contributed by atoms with Crippen LogP contribution in [0.3, 0.4) is 0 Å². The average Bonchev–Trinajstić information content (AvgIpc) is 2.34. The van der Waals surface area contributed by atoms with Crippen molar-refractivity contribution in [3.05, 3.63) is 33.7 Å². The summed E-state index contributed by atoms with van der Waals surface area (Å²) in [5.74, 6) is -1.01. The Morgan fingerprint density at radius 3 is 2.53 bits per heavy atom. The van der Waals surface area contributed by atoms with Crippen molar-refractivity contribution in [1.82, 2.24) is 9.88 Å². The summed E-state index contributed by atoms with van der Waals surface area (Å²) < 4.78 is 4.55. The van der Waals surface area contributed by atoms with Crippen LogP contribution in [0.2, 0.25) is 0 Å². The van der Waals surface area contributed by atoms with Gasteiger partial charge in [0.15, 0.2) is 5.43 Å². The number of ether oxygens (including phenoxy) is 1. The van der Waals surface area contributed by atoms with Gasteiger partial charge in [0.25, 0.3) is 5.91 Å². The smallest absolute Gasteiger partial charge is 0.325 e. The van der Waals surface area contributed by atoms with E-state index in [1.807, 2.05) is 0 Å². The first-order valence-corrected chi connectivity index (χ1v) is 5.94. The van der Waals surface area contributed by atoms with Crippen LogP contribution in [-0.4, -0.2) is 41.5 Å². The number of rotatable bonds is 4. The van der Waals surface area contributed by atoms with Crippen LogP contribution in [0.5, 0.6) is 0 Å². The largest absolute Gasteiger partial charge is 0.468 e. The number of hydrogen-bond acceptors (Lipinski definition) is 4. The lowest BCUT2D eigenvalue weighted by molar-refractivity contribution is -0.141. The molecule has 1 amide bonds. The molecule has 0 bridgehead atoms. The number of methoxy groups -OCH3 is 1. The molecule has 0 aliphatic carbocycles. The summed E-state index contributed by atoms with van der Waals surface area (Å²) in [7, 11) is 1.25. The molecular weight excluding hydrogens is 248 g/mol. The minimum absolute atomic E-state index is 0.0169. The molecule has 0 aromatic carbocycles. The minimum Gasteiger partial charge on any atom is -0.468 e. The topological polar surface area (TPSA) is 79.5 Å². The number of esters is 1. The molecule has 104 valence electrons. The van der Waals surface area contributed by atoms with Gasteiger partial charge in [0.1, 0.15) is 12.1 Å². The molecule has 0 radical (unpaired) electrons. The van der Waals surface area contributed by atoms with Crippen molar-refractivity contribution in [2.45, 2.75) is 26.8 Å². The molecule has 0 spiro atoms. The Hall–Kier alpha value is -2.11. The number of pyridine rings is 1. The molecule has 0 fully saturated rings. The highest BCUT2D eigenvalue weighted by atomic mass is 16.5. The van der Waals surface area contributed by atoms with Crippen LogP contribution in [-0.2, 0) is 9.53 Å². The van der Waals surface area contributed by atoms with E-state index >= 15 is 0 Å². The first-order valence-electron chi connectivity index (χ1n) is 5.94. The highest BCUT2D eigenvalue weighted by molar-refractivity contribution is 5.95. The summed E-state index contributed by atoms with van der Waals surface area (Å²) in [6.07, 6.45) is 1.37. The summed E-state index contributed by atoms with van der Waals surface area (Å²) in [4.78, 5) is 39.5. The molecule has 1 rings (SSSR count). The number of carbonyl (C=O) groups is 2. The van der Waals surface area contributed by atoms with Crippen LogP contribution in [0.4, 0.5) is 0 Å². The van der Waals surface area contributed by atoms with Gasteiger partial charge in [-0.15, -0.1) is 0 Å². The number of carbonyl (C=O) groups excluding carboxylic acids is 2. The maximum Gasteiger partial charge on any atom is 0.325 e. The second-order valence-corrected chi connectivity index (χ2v) is 4.50. The molecular formula is C13H18N2O4. The Morgan fingerprint density at radius 1 is 1.42 bits per heavy atom. The van der Waals surface area contributed by atoms with Crippen molar-refractivity contribution in [2.75, 3.05) is 13.7 Å². The van der Waals surface area contributed by atoms with Crippen LogP contribution in [0.15, 0.2) is 17.1 Å². The van der Waals surface area contributed by atoms with Crippen molar-refractivity contribution in [2.24, 2.45) is 0 Å². The summed E-state index contributed by atoms with van der Waals surface area (Å²) in [5, 5.41) is 0. The Labute approximate surface area is 111 Å². The number of nitrogens with zero attached hydrogens (tertiary/aromatic N) is 1. The number of aromatic amines is 1. The molecule has 1 N–H and O–H groups in total. The van der Waals surface area contributed by atoms with Crippen LogP contribution in [0.25, 0.3) is 0 Å². The van der Waals surface area contributed by atoms with Crippen LogP contribution in [0, 0.1) is 6.92 Å². The van der Waals surface area contributed by atoms with Gasteiger partial charge >= 0.3 is 5.97 Å². The average molecular weight is 266 g/mol. The second kappa shape index (κ2) is 6.17. The first-order chi connectivity index (χ1) is 8.86. The maximum atomic E-state index is 12.3. The van der Waals surface area contributed by atoms with E-state index in [2.05, 4.69) is 9.72 Å². The van der Waals surface area contributed by atoms with Crippen LogP contribution >= 0.6 is 0 Å². The minimum atomic E-state index is -0.523. The van der Waals surface area contributed by atoms with E-state index in [1.165, 1.54) is 24.3 Å². The lowest BCUT2D eigenvalue weighted by Gasteiger charge is -2.25. The summed E-state index contributed by atoms with van der Waals surface area (Å²) in [5.41, 5.74) is 0.325. The summed E-state index contributed by atoms with van der Waals surface area (Å²) in [6, 6.07) is 1.14. The molecule has 1 aromatic heterocycles. The molecule has 6 nitrogen and oxygen atoms in total. The Bertz CT molecular complexity index is 534. The van der Waals surface area contributed by atoms with Crippen LogP contribution in [0.1, 0.15) is 29.9 Å². The lowest BCUT2D eigenvalue weighted by Crippen LogP contribution is -2.42. The third kappa shape index (κ3) is 3.67. The fourth-order valence-electron chi connectivity index (χ4n) is 1.59. The maximum absolute atomic E-state index is 12.3. The monoisotopic (exact) mass is 266 g/mol. The van der Waals surface area contributed by atoms with E-state index < -0.39 is 11.9 Å². The second-order valence-electron chi connectivity index (χ2n) is 4.50. The lowest BCUT2D eigenvalue weighted by atomic mass is 10.2. The van der Waals surface area contributed by atoms with Gasteiger partial charge in [-0.2, -0.15) is 0 Å². The van der Waals surface area contributed by atoms with Gasteiger partial charge in [0.05, 0.1) is 7.11 Å². The van der Waals surface area contributed by atoms with Crippen molar-refractivity contribution in [3.63, 3.8) is 0 Å². The van der Waals surface area contributed by atoms with Gasteiger partial charge in [0, 0.05) is 24.0 Å². The number of aromatic nitrogens is 1. The zero-order chi connectivity index (χ0) is 14.6. The van der Waals surface area contributed by atoms with E-state index in [0.717, 1.165) is 0 Å². The highest BCUT2D eigenvalue weighted by Crippen LogP contribution is 2.05. The predicted molar refractivity (Wildman–Crippen MR) is 70.0 cm³/mol. The molecule has 0 aliphatic rings. The zero-order valence-electron chi connectivity index (χ0n) is 11.5.